The van der Waals surface area contributed by atoms with Gasteiger partial charge in [0.2, 0.25) is 0 Å². The third-order valence-electron chi connectivity index (χ3n) is 5.98. The molecule has 0 fully saturated rings. The fourth-order valence-electron chi connectivity index (χ4n) is 4.10. The Labute approximate surface area is 207 Å². The fourth-order valence-corrected chi connectivity index (χ4v) is 4.31. The van der Waals surface area contributed by atoms with Crippen molar-refractivity contribution in [1.82, 2.24) is 29.5 Å². The van der Waals surface area contributed by atoms with E-state index in [0.29, 0.717) is 34.2 Å². The van der Waals surface area contributed by atoms with Crippen LogP contribution >= 0.6 is 11.6 Å². The zero-order chi connectivity index (χ0) is 24.5. The van der Waals surface area contributed by atoms with Gasteiger partial charge in [-0.25, -0.2) is 14.4 Å². The highest BCUT2D eigenvalue weighted by atomic mass is 35.5. The molecule has 0 amide bonds. The average Bonchev–Trinajstić information content (AvgIpc) is 3.39. The molecule has 5 aromatic rings. The first-order valence-corrected chi connectivity index (χ1v) is 11.7. The van der Waals surface area contributed by atoms with E-state index in [1.54, 1.807) is 19.1 Å². The number of hydrogen-bond donors (Lipinski definition) is 1. The minimum Gasteiger partial charge on any atom is -0.365 e. The van der Waals surface area contributed by atoms with E-state index >= 15 is 0 Å². The lowest BCUT2D eigenvalue weighted by Gasteiger charge is -2.10. The third-order valence-corrected chi connectivity index (χ3v) is 6.33. The Balaban J connectivity index is 1.31. The first-order chi connectivity index (χ1) is 16.9. The van der Waals surface area contributed by atoms with Crippen molar-refractivity contribution < 1.29 is 4.39 Å². The van der Waals surface area contributed by atoms with Gasteiger partial charge in [-0.1, -0.05) is 41.9 Å². The van der Waals surface area contributed by atoms with Crippen LogP contribution in [0.5, 0.6) is 0 Å². The average molecular weight is 490 g/mol. The van der Waals surface area contributed by atoms with Gasteiger partial charge in [-0.15, -0.1) is 0 Å². The second kappa shape index (κ2) is 9.46. The molecule has 0 saturated carbocycles. The molecule has 0 unspecified atom stereocenters. The lowest BCUT2D eigenvalue weighted by atomic mass is 10.1. The third kappa shape index (κ3) is 4.88. The van der Waals surface area contributed by atoms with Gasteiger partial charge in [-0.05, 0) is 49.6 Å². The maximum Gasteiger partial charge on any atom is 0.186 e. The predicted molar refractivity (Wildman–Crippen MR) is 135 cm³/mol. The molecule has 3 aromatic heterocycles. The summed E-state index contributed by atoms with van der Waals surface area (Å²) in [4.78, 5) is 8.62. The van der Waals surface area contributed by atoms with Crippen LogP contribution in [-0.4, -0.2) is 29.5 Å². The maximum absolute atomic E-state index is 14.5. The van der Waals surface area contributed by atoms with E-state index in [0.717, 1.165) is 28.9 Å². The van der Waals surface area contributed by atoms with Gasteiger partial charge >= 0.3 is 0 Å². The Morgan fingerprint density at radius 3 is 2.40 bits per heavy atom. The first-order valence-electron chi connectivity index (χ1n) is 11.3. The molecule has 0 aliphatic carbocycles. The van der Waals surface area contributed by atoms with Crippen molar-refractivity contribution in [3.8, 4) is 0 Å². The van der Waals surface area contributed by atoms with E-state index in [1.807, 2.05) is 22.5 Å². The van der Waals surface area contributed by atoms with Crippen LogP contribution < -0.4 is 5.32 Å². The number of halogens is 2. The summed E-state index contributed by atoms with van der Waals surface area (Å²) in [5.74, 6) is 0.269. The summed E-state index contributed by atoms with van der Waals surface area (Å²) >= 11 is 6.21. The lowest BCUT2D eigenvalue weighted by Crippen LogP contribution is -2.05. The molecule has 0 spiro atoms. The largest absolute Gasteiger partial charge is 0.365 e. The fraction of sp³-hybridized carbons (Fsp3) is 0.231. The zero-order valence-electron chi connectivity index (χ0n) is 19.8. The molecular formula is C26H25ClFN7. The topological polar surface area (TPSA) is 73.5 Å². The van der Waals surface area contributed by atoms with E-state index in [9.17, 15) is 4.39 Å². The molecule has 7 nitrogen and oxygen atoms in total. The van der Waals surface area contributed by atoms with E-state index in [2.05, 4.69) is 62.7 Å². The Morgan fingerprint density at radius 2 is 1.69 bits per heavy atom. The summed E-state index contributed by atoms with van der Waals surface area (Å²) in [5, 5.41) is 13.5. The van der Waals surface area contributed by atoms with Crippen molar-refractivity contribution in [2.75, 3.05) is 5.32 Å². The van der Waals surface area contributed by atoms with Gasteiger partial charge in [0.1, 0.15) is 18.0 Å². The quantitative estimate of drug-likeness (QED) is 0.329. The molecule has 0 aliphatic heterocycles. The normalized spacial score (nSPS) is 11.3. The summed E-state index contributed by atoms with van der Waals surface area (Å²) < 4.78 is 18.4. The number of aromatic nitrogens is 6. The number of anilines is 1. The van der Waals surface area contributed by atoms with Crippen molar-refractivity contribution >= 4 is 28.5 Å². The van der Waals surface area contributed by atoms with Gasteiger partial charge in [-0.2, -0.15) is 10.2 Å². The molecule has 0 bridgehead atoms. The highest BCUT2D eigenvalue weighted by Crippen LogP contribution is 2.25. The van der Waals surface area contributed by atoms with E-state index in [1.165, 1.54) is 11.9 Å². The van der Waals surface area contributed by atoms with E-state index < -0.39 is 0 Å². The lowest BCUT2D eigenvalue weighted by molar-refractivity contribution is 0.604. The SMILES string of the molecule is Cc1cc(C)n(Cc2ccc(Cn3cc4c(NCc5c(Cl)ccc(C)c5F)ncnc4n3)cc2)n1. The molecule has 1 N–H and O–H groups in total. The van der Waals surface area contributed by atoms with E-state index in [4.69, 9.17) is 11.6 Å². The monoisotopic (exact) mass is 489 g/mol. The standard InChI is InChI=1S/C26H25ClFN7/c1-16-4-9-23(27)21(24(16)28)11-29-25-22-14-34(33-26(22)31-15-30-25)12-19-5-7-20(8-6-19)13-35-18(3)10-17(2)32-35/h4-10,14-15H,11-13H2,1-3H3,(H,29,30,31,33). The molecule has 0 radical (unpaired) electrons. The summed E-state index contributed by atoms with van der Waals surface area (Å²) in [7, 11) is 0. The minimum atomic E-state index is -0.313. The van der Waals surface area contributed by atoms with Crippen LogP contribution in [0.25, 0.3) is 11.0 Å². The molecular weight excluding hydrogens is 465 g/mol. The van der Waals surface area contributed by atoms with Crippen LogP contribution in [0.2, 0.25) is 5.02 Å². The Kier molecular flexibility index (Phi) is 6.21. The molecule has 2 aromatic carbocycles. The number of aryl methyl sites for hydroxylation is 3. The van der Waals surface area contributed by atoms with Gasteiger partial charge in [0.15, 0.2) is 5.65 Å². The number of fused-ring (bicyclic) bond motifs is 1. The molecule has 0 aliphatic rings. The zero-order valence-corrected chi connectivity index (χ0v) is 20.5. The molecule has 5 rings (SSSR count). The van der Waals surface area contributed by atoms with Gasteiger partial charge in [0.05, 0.1) is 24.2 Å². The maximum atomic E-state index is 14.5. The second-order valence-electron chi connectivity index (χ2n) is 8.70. The molecule has 35 heavy (non-hydrogen) atoms. The van der Waals surface area contributed by atoms with Crippen LogP contribution in [-0.2, 0) is 19.6 Å². The van der Waals surface area contributed by atoms with Gasteiger partial charge < -0.3 is 5.32 Å². The highest BCUT2D eigenvalue weighted by Gasteiger charge is 2.13. The number of rotatable bonds is 7. The predicted octanol–water partition coefficient (Wildman–Crippen LogP) is 5.45. The minimum absolute atomic E-state index is 0.209. The second-order valence-corrected chi connectivity index (χ2v) is 9.11. The highest BCUT2D eigenvalue weighted by molar-refractivity contribution is 6.31. The van der Waals surface area contributed by atoms with Crippen LogP contribution in [0.4, 0.5) is 10.2 Å². The first kappa shape index (κ1) is 23.0. The molecule has 0 saturated heterocycles. The van der Waals surface area contributed by atoms with Gasteiger partial charge in [-0.3, -0.25) is 9.36 Å². The number of nitrogens with zero attached hydrogens (tertiary/aromatic N) is 6. The van der Waals surface area contributed by atoms with Crippen LogP contribution in [0.1, 0.15) is 33.6 Å². The van der Waals surface area contributed by atoms with Crippen molar-refractivity contribution in [3.05, 3.63) is 99.5 Å². The van der Waals surface area contributed by atoms with Gasteiger partial charge in [0, 0.05) is 29.0 Å². The molecule has 3 heterocycles. The summed E-state index contributed by atoms with van der Waals surface area (Å²) in [6.07, 6.45) is 3.35. The van der Waals surface area contributed by atoms with Crippen LogP contribution in [0.15, 0.2) is 55.0 Å². The van der Waals surface area contributed by atoms with E-state index in [-0.39, 0.29) is 12.4 Å². The Morgan fingerprint density at radius 1 is 0.943 bits per heavy atom. The van der Waals surface area contributed by atoms with Crippen molar-refractivity contribution in [2.45, 2.75) is 40.4 Å². The van der Waals surface area contributed by atoms with Crippen LogP contribution in [0, 0.1) is 26.6 Å². The number of hydrogen-bond acceptors (Lipinski definition) is 5. The van der Waals surface area contributed by atoms with Crippen LogP contribution in [0.3, 0.4) is 0 Å². The summed E-state index contributed by atoms with van der Waals surface area (Å²) in [5.41, 5.74) is 6.00. The smallest absolute Gasteiger partial charge is 0.186 e. The molecule has 0 atom stereocenters. The molecule has 9 heteroatoms. The number of nitrogens with one attached hydrogen (secondary N) is 1. The van der Waals surface area contributed by atoms with Gasteiger partial charge in [0.25, 0.3) is 0 Å². The Bertz CT molecular complexity index is 1500. The Hall–Kier alpha value is -3.78. The molecule has 178 valence electrons. The van der Waals surface area contributed by atoms with Crippen molar-refractivity contribution in [3.63, 3.8) is 0 Å². The summed E-state index contributed by atoms with van der Waals surface area (Å²) in [6, 6.07) is 13.9. The summed E-state index contributed by atoms with van der Waals surface area (Å²) in [6.45, 7) is 7.32. The number of benzene rings is 2. The van der Waals surface area contributed by atoms with Crippen molar-refractivity contribution in [2.24, 2.45) is 0 Å². The van der Waals surface area contributed by atoms with Crippen molar-refractivity contribution in [1.29, 1.82) is 0 Å².